The van der Waals surface area contributed by atoms with E-state index in [1.165, 1.54) is 12.1 Å². The first-order valence-corrected chi connectivity index (χ1v) is 9.60. The highest BCUT2D eigenvalue weighted by Crippen LogP contribution is 2.39. The van der Waals surface area contributed by atoms with Gasteiger partial charge in [-0.15, -0.1) is 0 Å². The number of aliphatic hydroxyl groups excluding tert-OH is 4. The minimum atomic E-state index is -1.63. The molecule has 10 heteroatoms. The van der Waals surface area contributed by atoms with Gasteiger partial charge in [-0.2, -0.15) is 0 Å². The molecule has 0 spiro atoms. The Kier molecular flexibility index (Phi) is 6.34. The van der Waals surface area contributed by atoms with Crippen molar-refractivity contribution < 1.29 is 49.3 Å². The zero-order valence-corrected chi connectivity index (χ0v) is 16.6. The molecule has 0 aromatic heterocycles. The smallest absolute Gasteiger partial charge is 0.303 e. The molecule has 2 aliphatic heterocycles. The average molecular weight is 426 g/mol. The Morgan fingerprint density at radius 1 is 1.20 bits per heavy atom. The van der Waals surface area contributed by atoms with Crippen molar-refractivity contribution in [3.8, 4) is 11.5 Å². The fourth-order valence-electron chi connectivity index (χ4n) is 3.56. The monoisotopic (exact) mass is 426 g/mol. The lowest BCUT2D eigenvalue weighted by Gasteiger charge is -2.40. The molecular weight excluding hydrogens is 400 g/mol. The summed E-state index contributed by atoms with van der Waals surface area (Å²) in [5.41, 5.74) is -0.0618. The van der Waals surface area contributed by atoms with Crippen LogP contribution in [0.15, 0.2) is 12.1 Å². The summed E-state index contributed by atoms with van der Waals surface area (Å²) in [6, 6.07) is 2.92. The van der Waals surface area contributed by atoms with Gasteiger partial charge in [-0.3, -0.25) is 9.59 Å². The van der Waals surface area contributed by atoms with Gasteiger partial charge < -0.3 is 39.7 Å². The molecule has 30 heavy (non-hydrogen) atoms. The first kappa shape index (κ1) is 22.4. The fraction of sp³-hybridized carbons (Fsp3) is 0.600. The predicted molar refractivity (Wildman–Crippen MR) is 100 cm³/mol. The topological polar surface area (TPSA) is 163 Å². The molecule has 0 bridgehead atoms. The number of fused-ring (bicyclic) bond motifs is 1. The lowest BCUT2D eigenvalue weighted by molar-refractivity contribution is -0.277. The van der Waals surface area contributed by atoms with Crippen LogP contribution in [0.25, 0.3) is 0 Å². The number of carboxylic acid groups (broad SMARTS) is 1. The number of ketones is 1. The van der Waals surface area contributed by atoms with Gasteiger partial charge in [-0.05, 0) is 31.9 Å². The van der Waals surface area contributed by atoms with Gasteiger partial charge in [0.2, 0.25) is 6.29 Å². The van der Waals surface area contributed by atoms with Gasteiger partial charge in [0, 0.05) is 12.5 Å². The predicted octanol–water partition coefficient (Wildman–Crippen LogP) is -0.374. The molecule has 2 aliphatic rings. The van der Waals surface area contributed by atoms with Crippen LogP contribution in [0, 0.1) is 0 Å². The number of carbonyl (C=O) groups excluding carboxylic acids is 1. The third-order valence-electron chi connectivity index (χ3n) is 5.14. The largest absolute Gasteiger partial charge is 0.486 e. The number of ether oxygens (including phenoxy) is 3. The summed E-state index contributed by atoms with van der Waals surface area (Å²) in [5, 5.41) is 48.5. The second kappa shape index (κ2) is 8.48. The Bertz CT molecular complexity index is 818. The minimum Gasteiger partial charge on any atom is -0.486 e. The van der Waals surface area contributed by atoms with E-state index in [0.29, 0.717) is 11.1 Å². The molecule has 1 aromatic rings. The molecule has 2 heterocycles. The van der Waals surface area contributed by atoms with Crippen molar-refractivity contribution in [2.24, 2.45) is 0 Å². The number of hydrogen-bond acceptors (Lipinski definition) is 9. The number of carboxylic acids is 1. The second-order valence-electron chi connectivity index (χ2n) is 8.13. The van der Waals surface area contributed by atoms with Crippen molar-refractivity contribution in [3.05, 3.63) is 23.3 Å². The van der Waals surface area contributed by atoms with E-state index in [4.69, 9.17) is 19.3 Å². The normalized spacial score (nSPS) is 30.3. The third-order valence-corrected chi connectivity index (χ3v) is 5.14. The summed E-state index contributed by atoms with van der Waals surface area (Å²) in [6.45, 7) is 2.89. The van der Waals surface area contributed by atoms with Gasteiger partial charge in [0.1, 0.15) is 41.5 Å². The highest BCUT2D eigenvalue weighted by molar-refractivity contribution is 6.00. The maximum Gasteiger partial charge on any atom is 0.303 e. The van der Waals surface area contributed by atoms with E-state index in [0.717, 1.165) is 0 Å². The van der Waals surface area contributed by atoms with Crippen LogP contribution in [-0.2, 0) is 16.0 Å². The van der Waals surface area contributed by atoms with E-state index in [1.807, 2.05) is 0 Å². The quantitative estimate of drug-likeness (QED) is 0.405. The van der Waals surface area contributed by atoms with Crippen molar-refractivity contribution in [2.75, 3.05) is 6.61 Å². The number of aliphatic carboxylic acids is 1. The molecule has 1 aromatic carbocycles. The first-order chi connectivity index (χ1) is 14.0. The summed E-state index contributed by atoms with van der Waals surface area (Å²) in [7, 11) is 0. The minimum absolute atomic E-state index is 0.0338. The zero-order chi connectivity index (χ0) is 22.2. The van der Waals surface area contributed by atoms with Crippen LogP contribution in [0.2, 0.25) is 0 Å². The zero-order valence-electron chi connectivity index (χ0n) is 16.6. The molecule has 5 unspecified atom stereocenters. The van der Waals surface area contributed by atoms with Crippen molar-refractivity contribution >= 4 is 11.8 Å². The van der Waals surface area contributed by atoms with E-state index >= 15 is 0 Å². The van der Waals surface area contributed by atoms with Gasteiger partial charge in [-0.1, -0.05) is 0 Å². The summed E-state index contributed by atoms with van der Waals surface area (Å²) in [5.74, 6) is -0.854. The summed E-state index contributed by atoms with van der Waals surface area (Å²) in [6.07, 6.45) is -7.45. The Morgan fingerprint density at radius 2 is 1.90 bits per heavy atom. The Morgan fingerprint density at radius 3 is 2.53 bits per heavy atom. The van der Waals surface area contributed by atoms with E-state index in [2.05, 4.69) is 0 Å². The number of hydrogen-bond donors (Lipinski definition) is 5. The first-order valence-electron chi connectivity index (χ1n) is 9.60. The van der Waals surface area contributed by atoms with Crippen LogP contribution in [0.1, 0.15) is 42.6 Å². The van der Waals surface area contributed by atoms with E-state index in [1.54, 1.807) is 13.8 Å². The Labute approximate surface area is 172 Å². The average Bonchev–Trinajstić information content (AvgIpc) is 2.66. The summed E-state index contributed by atoms with van der Waals surface area (Å²) in [4.78, 5) is 23.6. The van der Waals surface area contributed by atoms with Crippen LogP contribution < -0.4 is 9.47 Å². The van der Waals surface area contributed by atoms with Crippen LogP contribution >= 0.6 is 0 Å². The highest BCUT2D eigenvalue weighted by atomic mass is 16.7. The van der Waals surface area contributed by atoms with Crippen LogP contribution in [0.4, 0.5) is 0 Å². The van der Waals surface area contributed by atoms with Gasteiger partial charge in [0.25, 0.3) is 0 Å². The lowest BCUT2D eigenvalue weighted by atomic mass is 9.91. The maximum absolute atomic E-state index is 12.5. The molecule has 1 saturated heterocycles. The van der Waals surface area contributed by atoms with Gasteiger partial charge >= 0.3 is 5.97 Å². The molecule has 5 atom stereocenters. The number of carbonyl (C=O) groups is 2. The molecule has 0 radical (unpaired) electrons. The van der Waals surface area contributed by atoms with Crippen molar-refractivity contribution in [1.82, 2.24) is 0 Å². The van der Waals surface area contributed by atoms with Crippen molar-refractivity contribution in [2.45, 2.75) is 69.4 Å². The fourth-order valence-corrected chi connectivity index (χ4v) is 3.56. The molecule has 0 aliphatic carbocycles. The Hall–Kier alpha value is -2.24. The summed E-state index contributed by atoms with van der Waals surface area (Å²) < 4.78 is 16.9. The molecule has 166 valence electrons. The molecule has 0 amide bonds. The molecule has 5 N–H and O–H groups in total. The SMILES string of the molecule is CC1(C)CC(=O)c2cc(CCC(=O)O)c(OC3OC(CO)C(O)C(O)C3O)cc2O1. The highest BCUT2D eigenvalue weighted by Gasteiger charge is 2.45. The molecular formula is C20H26O10. The molecule has 3 rings (SSSR count). The lowest BCUT2D eigenvalue weighted by Crippen LogP contribution is -2.60. The van der Waals surface area contributed by atoms with Gasteiger partial charge in [-0.25, -0.2) is 0 Å². The molecule has 1 fully saturated rings. The van der Waals surface area contributed by atoms with E-state index < -0.39 is 48.9 Å². The van der Waals surface area contributed by atoms with Crippen molar-refractivity contribution in [3.63, 3.8) is 0 Å². The molecule has 10 nitrogen and oxygen atoms in total. The van der Waals surface area contributed by atoms with Crippen LogP contribution in [-0.4, -0.2) is 80.2 Å². The number of benzene rings is 1. The van der Waals surface area contributed by atoms with Crippen LogP contribution in [0.5, 0.6) is 11.5 Å². The second-order valence-corrected chi connectivity index (χ2v) is 8.13. The van der Waals surface area contributed by atoms with Gasteiger partial charge in [0.15, 0.2) is 5.78 Å². The third kappa shape index (κ3) is 4.57. The van der Waals surface area contributed by atoms with Crippen LogP contribution in [0.3, 0.4) is 0 Å². The number of rotatable bonds is 6. The Balaban J connectivity index is 1.95. The van der Waals surface area contributed by atoms with E-state index in [-0.39, 0.29) is 36.5 Å². The van der Waals surface area contributed by atoms with Gasteiger partial charge in [0.05, 0.1) is 18.6 Å². The number of aryl methyl sites for hydroxylation is 1. The standard InChI is InChI=1S/C20H26O10/c1-20(2)7-11(22)10-5-9(3-4-15(23)24)12(6-13(10)30-20)28-19-18(27)17(26)16(25)14(8-21)29-19/h5-6,14,16-19,21,25-27H,3-4,7-8H2,1-2H3,(H,23,24). The van der Waals surface area contributed by atoms with E-state index in [9.17, 15) is 30.0 Å². The number of aliphatic hydroxyl groups is 4. The summed E-state index contributed by atoms with van der Waals surface area (Å²) >= 11 is 0. The molecule has 0 saturated carbocycles. The number of Topliss-reactive ketones (excluding diaryl/α,β-unsaturated/α-hetero) is 1. The van der Waals surface area contributed by atoms with Crippen molar-refractivity contribution in [1.29, 1.82) is 0 Å². The maximum atomic E-state index is 12.5.